The van der Waals surface area contributed by atoms with Crippen molar-refractivity contribution in [1.29, 1.82) is 0 Å². The lowest BCUT2D eigenvalue weighted by Gasteiger charge is -2.20. The van der Waals surface area contributed by atoms with Crippen molar-refractivity contribution in [2.75, 3.05) is 33.5 Å². The third-order valence-electron chi connectivity index (χ3n) is 3.79. The summed E-state index contributed by atoms with van der Waals surface area (Å²) in [7, 11) is 4.01. The molecule has 0 aromatic rings. The van der Waals surface area contributed by atoms with E-state index in [0.717, 1.165) is 23.1 Å². The molecule has 0 fully saturated rings. The van der Waals surface area contributed by atoms with Crippen LogP contribution in [0, 0.1) is 0 Å². The Balaban J connectivity index is 2.68. The smallest absolute Gasteiger partial charge is 0.204 e. The normalized spacial score (nSPS) is 16.5. The third-order valence-corrected chi connectivity index (χ3v) is 4.01. The van der Waals surface area contributed by atoms with Gasteiger partial charge in [0.2, 0.25) is 5.78 Å². The number of methoxy groups -OCH3 is 1. The van der Waals surface area contributed by atoms with E-state index in [1.807, 2.05) is 6.08 Å². The lowest BCUT2D eigenvalue weighted by Crippen LogP contribution is -2.23. The number of carbonyl (C=O) groups is 1. The number of hydrogen-bond donors (Lipinski definition) is 2. The Labute approximate surface area is 190 Å². The van der Waals surface area contributed by atoms with Crippen LogP contribution in [-0.2, 0) is 19.0 Å². The minimum Gasteiger partial charge on any atom is -0.495 e. The molecule has 0 aromatic carbocycles. The summed E-state index contributed by atoms with van der Waals surface area (Å²) >= 11 is 0. The van der Waals surface area contributed by atoms with Crippen molar-refractivity contribution in [2.45, 2.75) is 0 Å². The van der Waals surface area contributed by atoms with E-state index >= 15 is 0 Å². The molecule has 0 amide bonds. The first-order chi connectivity index (χ1) is 15.5. The predicted octanol–water partition coefficient (Wildman–Crippen LogP) is 3.56. The Morgan fingerprint density at radius 3 is 2.88 bits per heavy atom. The summed E-state index contributed by atoms with van der Waals surface area (Å²) in [6, 6.07) is 0. The molecule has 0 saturated heterocycles. The highest BCUT2D eigenvalue weighted by Gasteiger charge is 2.11. The summed E-state index contributed by atoms with van der Waals surface area (Å²) in [5, 5.41) is 7.20. The van der Waals surface area contributed by atoms with Gasteiger partial charge in [-0.05, 0) is 42.0 Å². The third kappa shape index (κ3) is 10.7. The molecule has 1 unspecified atom stereocenters. The molecule has 32 heavy (non-hydrogen) atoms. The van der Waals surface area contributed by atoms with Gasteiger partial charge in [0, 0.05) is 12.8 Å². The van der Waals surface area contributed by atoms with Gasteiger partial charge in [0.05, 0.1) is 31.4 Å². The summed E-state index contributed by atoms with van der Waals surface area (Å²) in [5.74, 6) is 2.06. The summed E-state index contributed by atoms with van der Waals surface area (Å²) in [6.07, 6.45) is 12.7. The fourth-order valence-electron chi connectivity index (χ4n) is 2.22. The zero-order valence-electron chi connectivity index (χ0n) is 18.1. The van der Waals surface area contributed by atoms with Crippen LogP contribution >= 0.6 is 9.24 Å². The number of halogens is 1. The number of ketones is 1. The molecular weight excluding hydrogens is 432 g/mol. The van der Waals surface area contributed by atoms with Crippen LogP contribution in [0.2, 0.25) is 0 Å². The number of hydrazone groups is 1. The molecule has 0 aliphatic carbocycles. The second-order valence-electron chi connectivity index (χ2n) is 6.09. The summed E-state index contributed by atoms with van der Waals surface area (Å²) in [6.45, 7) is 8.87. The first-order valence-corrected chi connectivity index (χ1v) is 10.3. The van der Waals surface area contributed by atoms with Crippen molar-refractivity contribution in [1.82, 2.24) is 10.7 Å². The van der Waals surface area contributed by atoms with Crippen molar-refractivity contribution < 1.29 is 23.4 Å². The maximum absolute atomic E-state index is 12.5. The molecule has 1 heterocycles. The van der Waals surface area contributed by atoms with E-state index < -0.39 is 5.78 Å². The Hall–Kier alpha value is -3.22. The number of carbonyl (C=O) groups excluding carboxylic acids is 1. The molecule has 1 aliphatic heterocycles. The van der Waals surface area contributed by atoms with Gasteiger partial charge in [0.15, 0.2) is 0 Å². The average Bonchev–Trinajstić information content (AvgIpc) is 2.79. The largest absolute Gasteiger partial charge is 0.495 e. The molecular formula is C23H29FN3O4P. The molecule has 1 aliphatic rings. The highest BCUT2D eigenvalue weighted by molar-refractivity contribution is 7.20. The van der Waals surface area contributed by atoms with Crippen molar-refractivity contribution >= 4 is 20.7 Å². The van der Waals surface area contributed by atoms with Crippen molar-refractivity contribution in [3.8, 4) is 0 Å². The van der Waals surface area contributed by atoms with E-state index in [0.29, 0.717) is 31.8 Å². The Morgan fingerprint density at radius 2 is 2.22 bits per heavy atom. The first kappa shape index (κ1) is 26.8. The number of hydrogen-bond acceptors (Lipinski definition) is 7. The Bertz CT molecular complexity index is 870. The molecule has 0 spiro atoms. The summed E-state index contributed by atoms with van der Waals surface area (Å²) in [5.41, 5.74) is 4.63. The van der Waals surface area contributed by atoms with Crippen LogP contribution in [0.3, 0.4) is 0 Å². The van der Waals surface area contributed by atoms with Crippen molar-refractivity contribution in [2.24, 2.45) is 5.10 Å². The van der Waals surface area contributed by atoms with Gasteiger partial charge in [-0.1, -0.05) is 25.1 Å². The van der Waals surface area contributed by atoms with E-state index in [9.17, 15) is 9.18 Å². The Kier molecular flexibility index (Phi) is 13.8. The molecule has 7 nitrogen and oxygen atoms in total. The summed E-state index contributed by atoms with van der Waals surface area (Å²) < 4.78 is 28.4. The maximum Gasteiger partial charge on any atom is 0.204 e. The van der Waals surface area contributed by atoms with Gasteiger partial charge in [-0.25, -0.2) is 4.39 Å². The van der Waals surface area contributed by atoms with Gasteiger partial charge >= 0.3 is 0 Å². The van der Waals surface area contributed by atoms with E-state index in [1.54, 1.807) is 37.2 Å². The molecule has 0 bridgehead atoms. The van der Waals surface area contributed by atoms with Crippen molar-refractivity contribution in [3.63, 3.8) is 0 Å². The molecule has 1 rings (SSSR count). The van der Waals surface area contributed by atoms with Crippen LogP contribution < -0.4 is 10.7 Å². The van der Waals surface area contributed by atoms with Gasteiger partial charge < -0.3 is 19.5 Å². The van der Waals surface area contributed by atoms with Gasteiger partial charge in [0.1, 0.15) is 24.7 Å². The molecule has 172 valence electrons. The van der Waals surface area contributed by atoms with Crippen LogP contribution in [0.15, 0.2) is 102 Å². The average molecular weight is 461 g/mol. The Morgan fingerprint density at radius 1 is 1.41 bits per heavy atom. The zero-order chi connectivity index (χ0) is 23.6. The monoisotopic (exact) mass is 461 g/mol. The molecule has 9 heteroatoms. The number of allylic oxidation sites excluding steroid dienone is 7. The van der Waals surface area contributed by atoms with Gasteiger partial charge in [-0.2, -0.15) is 5.10 Å². The van der Waals surface area contributed by atoms with Crippen LogP contribution in [-0.4, -0.2) is 45.0 Å². The van der Waals surface area contributed by atoms with Crippen LogP contribution in [0.1, 0.15) is 0 Å². The zero-order valence-corrected chi connectivity index (χ0v) is 19.2. The van der Waals surface area contributed by atoms with E-state index in [2.05, 4.69) is 38.2 Å². The second kappa shape index (κ2) is 16.5. The summed E-state index contributed by atoms with van der Waals surface area (Å²) in [4.78, 5) is 12.0. The van der Waals surface area contributed by atoms with Gasteiger partial charge in [0.25, 0.3) is 0 Å². The quantitative estimate of drug-likeness (QED) is 0.0783. The maximum atomic E-state index is 12.5. The van der Waals surface area contributed by atoms with Crippen molar-refractivity contribution in [3.05, 3.63) is 96.8 Å². The van der Waals surface area contributed by atoms with Gasteiger partial charge in [-0.15, -0.1) is 9.24 Å². The van der Waals surface area contributed by atoms with Gasteiger partial charge in [-0.3, -0.25) is 10.2 Å². The molecule has 0 aromatic heterocycles. The SMILES string of the molecule is C=CC(=O)/C(CO/C=C/C=C1/NCC(OCCOC)=CC1=C)=N\NC(/C=C/F)=C/C=C/P. The standard InChI is InChI=1S/C23H29FN3O4P/c1-4-23(28)22(27-26-19(9-10-24)7-6-14-32)17-30-11-5-8-21-18(2)15-20(16-25-21)31-13-12-29-3/h4-11,14-15,25-26H,1-2,12-13,16-17,32H2,3H3/b10-9+,11-5+,14-6+,19-7+,21-8+,27-22-. The fraction of sp³-hybridized carbons (Fsp3) is 0.217. The number of rotatable bonds is 14. The lowest BCUT2D eigenvalue weighted by atomic mass is 10.1. The van der Waals surface area contributed by atoms with Crippen LogP contribution in [0.5, 0.6) is 0 Å². The topological polar surface area (TPSA) is 81.2 Å². The minimum atomic E-state index is -0.414. The predicted molar refractivity (Wildman–Crippen MR) is 129 cm³/mol. The van der Waals surface area contributed by atoms with Crippen LogP contribution in [0.4, 0.5) is 4.39 Å². The number of nitrogens with zero attached hydrogens (tertiary/aromatic N) is 1. The fourth-order valence-corrected chi connectivity index (χ4v) is 2.33. The van der Waals surface area contributed by atoms with E-state index in [4.69, 9.17) is 14.2 Å². The second-order valence-corrected chi connectivity index (χ2v) is 6.47. The molecule has 1 atom stereocenters. The van der Waals surface area contributed by atoms with Crippen LogP contribution in [0.25, 0.3) is 0 Å². The molecule has 2 N–H and O–H groups in total. The highest BCUT2D eigenvalue weighted by Crippen LogP contribution is 2.15. The first-order valence-electron chi connectivity index (χ1n) is 9.64. The molecule has 0 radical (unpaired) electrons. The minimum absolute atomic E-state index is 0.0753. The van der Waals surface area contributed by atoms with E-state index in [1.165, 1.54) is 12.3 Å². The number of nitrogens with one attached hydrogen (secondary N) is 2. The highest BCUT2D eigenvalue weighted by atomic mass is 31.0. The lowest BCUT2D eigenvalue weighted by molar-refractivity contribution is -0.109. The number of ether oxygens (including phenoxy) is 3. The molecule has 0 saturated carbocycles. The van der Waals surface area contributed by atoms with E-state index in [-0.39, 0.29) is 12.3 Å².